The van der Waals surface area contributed by atoms with Crippen LogP contribution in [0.15, 0.2) is 17.2 Å². The highest BCUT2D eigenvalue weighted by molar-refractivity contribution is 7.89. The number of likely N-dealkylation sites (N-methyl/N-ethyl adjacent to an activating group) is 1. The summed E-state index contributed by atoms with van der Waals surface area (Å²) in [7, 11) is -1.82. The molecule has 1 fully saturated rings. The average Bonchev–Trinajstić information content (AvgIpc) is 2.64. The van der Waals surface area contributed by atoms with E-state index < -0.39 is 14.9 Å². The van der Waals surface area contributed by atoms with Gasteiger partial charge >= 0.3 is 0 Å². The van der Waals surface area contributed by atoms with E-state index in [4.69, 9.17) is 0 Å². The molecule has 1 aliphatic rings. The highest BCUT2D eigenvalue weighted by Gasteiger charge is 2.29. The van der Waals surface area contributed by atoms with E-state index in [9.17, 15) is 18.5 Å². The number of sulfonamides is 1. The molecule has 0 spiro atoms. The van der Waals surface area contributed by atoms with Crippen LogP contribution in [0.2, 0.25) is 0 Å². The Labute approximate surface area is 123 Å². The van der Waals surface area contributed by atoms with Crippen molar-refractivity contribution >= 4 is 15.7 Å². The van der Waals surface area contributed by atoms with E-state index in [1.807, 2.05) is 7.05 Å². The van der Waals surface area contributed by atoms with Crippen molar-refractivity contribution in [2.45, 2.75) is 18.2 Å². The minimum Gasteiger partial charge on any atom is -0.305 e. The second kappa shape index (κ2) is 6.04. The van der Waals surface area contributed by atoms with E-state index in [1.54, 1.807) is 6.92 Å². The third kappa shape index (κ3) is 3.36. The van der Waals surface area contributed by atoms with E-state index in [0.29, 0.717) is 19.6 Å². The van der Waals surface area contributed by atoms with Gasteiger partial charge in [-0.25, -0.2) is 8.42 Å². The molecular formula is C12H18N4O4S. The second-order valence-corrected chi connectivity index (χ2v) is 7.00. The maximum Gasteiger partial charge on any atom is 0.288 e. The maximum absolute atomic E-state index is 12.7. The Kier molecular flexibility index (Phi) is 4.55. The molecule has 9 heteroatoms. The van der Waals surface area contributed by atoms with Gasteiger partial charge in [-0.3, -0.25) is 15.1 Å². The molecule has 0 aliphatic carbocycles. The van der Waals surface area contributed by atoms with Crippen molar-refractivity contribution in [1.29, 1.82) is 0 Å². The third-order valence-electron chi connectivity index (χ3n) is 3.53. The van der Waals surface area contributed by atoms with Crippen LogP contribution in [0.25, 0.3) is 0 Å². The SMILES string of the molecule is Cc1ncc([N+](=O)[O-])cc1S(=O)(=O)N1CCCN(C)CC1. The third-order valence-corrected chi connectivity index (χ3v) is 5.55. The van der Waals surface area contributed by atoms with Crippen molar-refractivity contribution in [3.63, 3.8) is 0 Å². The summed E-state index contributed by atoms with van der Waals surface area (Å²) in [5.41, 5.74) is -0.0377. The molecule has 0 amide bonds. The Morgan fingerprint density at radius 2 is 2.00 bits per heavy atom. The molecule has 21 heavy (non-hydrogen) atoms. The highest BCUT2D eigenvalue weighted by Crippen LogP contribution is 2.23. The van der Waals surface area contributed by atoms with Crippen molar-refractivity contribution in [3.05, 3.63) is 28.1 Å². The van der Waals surface area contributed by atoms with Crippen LogP contribution in [0.1, 0.15) is 12.1 Å². The summed E-state index contributed by atoms with van der Waals surface area (Å²) in [6.07, 6.45) is 1.81. The minimum absolute atomic E-state index is 0.0822. The Morgan fingerprint density at radius 1 is 1.29 bits per heavy atom. The largest absolute Gasteiger partial charge is 0.305 e. The van der Waals surface area contributed by atoms with E-state index in [0.717, 1.165) is 25.2 Å². The number of hydrogen-bond donors (Lipinski definition) is 0. The lowest BCUT2D eigenvalue weighted by Gasteiger charge is -2.20. The van der Waals surface area contributed by atoms with Crippen LogP contribution in [-0.4, -0.2) is 60.8 Å². The zero-order chi connectivity index (χ0) is 15.6. The fourth-order valence-corrected chi connectivity index (χ4v) is 3.93. The second-order valence-electron chi connectivity index (χ2n) is 5.10. The first-order valence-electron chi connectivity index (χ1n) is 6.62. The number of nitro groups is 1. The summed E-state index contributed by atoms with van der Waals surface area (Å²) in [5, 5.41) is 10.8. The van der Waals surface area contributed by atoms with Crippen LogP contribution in [0.3, 0.4) is 0 Å². The summed E-state index contributed by atoms with van der Waals surface area (Å²) >= 11 is 0. The van der Waals surface area contributed by atoms with Crippen molar-refractivity contribution in [1.82, 2.24) is 14.2 Å². The fraction of sp³-hybridized carbons (Fsp3) is 0.583. The molecule has 0 aromatic carbocycles. The van der Waals surface area contributed by atoms with Gasteiger partial charge in [0.1, 0.15) is 11.1 Å². The quantitative estimate of drug-likeness (QED) is 0.599. The van der Waals surface area contributed by atoms with Crippen molar-refractivity contribution < 1.29 is 13.3 Å². The molecule has 1 aromatic rings. The van der Waals surface area contributed by atoms with Gasteiger partial charge in [0.2, 0.25) is 10.0 Å². The van der Waals surface area contributed by atoms with Crippen LogP contribution >= 0.6 is 0 Å². The normalized spacial score (nSPS) is 18.4. The molecule has 8 nitrogen and oxygen atoms in total. The molecule has 0 N–H and O–H groups in total. The van der Waals surface area contributed by atoms with E-state index >= 15 is 0 Å². The predicted molar refractivity (Wildman–Crippen MR) is 76.5 cm³/mol. The summed E-state index contributed by atoms with van der Waals surface area (Å²) in [6.45, 7) is 3.80. The molecule has 2 heterocycles. The van der Waals surface area contributed by atoms with E-state index in [2.05, 4.69) is 9.88 Å². The first-order valence-corrected chi connectivity index (χ1v) is 8.06. The van der Waals surface area contributed by atoms with Crippen LogP contribution in [-0.2, 0) is 10.0 Å². The predicted octanol–water partition coefficient (Wildman–Crippen LogP) is 0.624. The van der Waals surface area contributed by atoms with Crippen LogP contribution in [0.4, 0.5) is 5.69 Å². The van der Waals surface area contributed by atoms with Gasteiger partial charge in [-0.15, -0.1) is 0 Å². The average molecular weight is 314 g/mol. The lowest BCUT2D eigenvalue weighted by Crippen LogP contribution is -2.35. The Hall–Kier alpha value is -1.58. The first kappa shape index (κ1) is 15.8. The molecule has 0 bridgehead atoms. The van der Waals surface area contributed by atoms with Gasteiger partial charge in [-0.05, 0) is 26.9 Å². The maximum atomic E-state index is 12.7. The molecule has 0 unspecified atom stereocenters. The molecule has 2 rings (SSSR count). The Bertz CT molecular complexity index is 647. The molecule has 116 valence electrons. The number of aromatic nitrogens is 1. The molecule has 1 saturated heterocycles. The smallest absolute Gasteiger partial charge is 0.288 e. The summed E-state index contributed by atoms with van der Waals surface area (Å²) in [5.74, 6) is 0. The molecule has 1 aromatic heterocycles. The van der Waals surface area contributed by atoms with Gasteiger partial charge in [0, 0.05) is 25.7 Å². The molecular weight excluding hydrogens is 296 g/mol. The fourth-order valence-electron chi connectivity index (χ4n) is 2.27. The van der Waals surface area contributed by atoms with Crippen LogP contribution in [0.5, 0.6) is 0 Å². The summed E-state index contributed by atoms with van der Waals surface area (Å²) in [6, 6.07) is 1.09. The van der Waals surface area contributed by atoms with Crippen LogP contribution in [0, 0.1) is 17.0 Å². The number of aryl methyl sites for hydroxylation is 1. The Morgan fingerprint density at radius 3 is 2.67 bits per heavy atom. The van der Waals surface area contributed by atoms with E-state index in [-0.39, 0.29) is 16.3 Å². The van der Waals surface area contributed by atoms with Gasteiger partial charge in [0.25, 0.3) is 5.69 Å². The summed E-state index contributed by atoms with van der Waals surface area (Å²) in [4.78, 5) is 16.0. The van der Waals surface area contributed by atoms with Gasteiger partial charge in [0.05, 0.1) is 10.6 Å². The highest BCUT2D eigenvalue weighted by atomic mass is 32.2. The lowest BCUT2D eigenvalue weighted by atomic mass is 10.3. The molecule has 0 radical (unpaired) electrons. The standard InChI is InChI=1S/C12H18N4O4S/c1-10-12(8-11(9-13-10)16(17)18)21(19,20)15-5-3-4-14(2)6-7-15/h8-9H,3-7H2,1-2H3. The lowest BCUT2D eigenvalue weighted by molar-refractivity contribution is -0.385. The van der Waals surface area contributed by atoms with Crippen molar-refractivity contribution in [3.8, 4) is 0 Å². The number of nitrogens with zero attached hydrogens (tertiary/aromatic N) is 4. The molecule has 1 aliphatic heterocycles. The van der Waals surface area contributed by atoms with Gasteiger partial charge in [-0.2, -0.15) is 4.31 Å². The number of pyridine rings is 1. The minimum atomic E-state index is -3.76. The van der Waals surface area contributed by atoms with E-state index in [1.165, 1.54) is 4.31 Å². The van der Waals surface area contributed by atoms with Gasteiger partial charge in [0.15, 0.2) is 0 Å². The summed E-state index contributed by atoms with van der Waals surface area (Å²) < 4.78 is 26.8. The van der Waals surface area contributed by atoms with Crippen LogP contribution < -0.4 is 0 Å². The van der Waals surface area contributed by atoms with Crippen molar-refractivity contribution in [2.75, 3.05) is 33.2 Å². The Balaban J connectivity index is 2.39. The van der Waals surface area contributed by atoms with Gasteiger partial charge < -0.3 is 4.90 Å². The van der Waals surface area contributed by atoms with Crippen molar-refractivity contribution in [2.24, 2.45) is 0 Å². The number of hydrogen-bond acceptors (Lipinski definition) is 6. The first-order chi connectivity index (χ1) is 9.82. The zero-order valence-corrected chi connectivity index (χ0v) is 12.8. The monoisotopic (exact) mass is 314 g/mol. The molecule has 0 saturated carbocycles. The number of rotatable bonds is 3. The topological polar surface area (TPSA) is 96.6 Å². The van der Waals surface area contributed by atoms with Gasteiger partial charge in [-0.1, -0.05) is 0 Å². The molecule has 0 atom stereocenters. The zero-order valence-electron chi connectivity index (χ0n) is 12.0.